The van der Waals surface area contributed by atoms with Crippen molar-refractivity contribution in [2.45, 2.75) is 58.2 Å². The van der Waals surface area contributed by atoms with E-state index in [1.54, 1.807) is 0 Å². The SMILES string of the molecule is CCCNCC(OC1CCC(C)CC1)c1ccc(Cl)cc1. The quantitative estimate of drug-likeness (QED) is 0.717. The molecule has 21 heavy (non-hydrogen) atoms. The second-order valence-corrected chi connectivity index (χ2v) is 6.70. The topological polar surface area (TPSA) is 21.3 Å². The summed E-state index contributed by atoms with van der Waals surface area (Å²) in [5.41, 5.74) is 1.22. The molecule has 1 fully saturated rings. The summed E-state index contributed by atoms with van der Waals surface area (Å²) in [7, 11) is 0. The lowest BCUT2D eigenvalue weighted by atomic mass is 9.89. The van der Waals surface area contributed by atoms with Crippen LogP contribution >= 0.6 is 11.6 Å². The van der Waals surface area contributed by atoms with E-state index >= 15 is 0 Å². The Morgan fingerprint density at radius 3 is 2.48 bits per heavy atom. The standard InChI is InChI=1S/C18H28ClNO/c1-3-12-20-13-18(15-6-8-16(19)9-7-15)21-17-10-4-14(2)5-11-17/h6-9,14,17-18,20H,3-5,10-13H2,1-2H3. The number of ether oxygens (including phenoxy) is 1. The highest BCUT2D eigenvalue weighted by Gasteiger charge is 2.23. The molecule has 3 heteroatoms. The summed E-state index contributed by atoms with van der Waals surface area (Å²) in [5, 5.41) is 4.27. The van der Waals surface area contributed by atoms with E-state index in [0.29, 0.717) is 6.10 Å². The highest BCUT2D eigenvalue weighted by Crippen LogP contribution is 2.30. The zero-order chi connectivity index (χ0) is 15.1. The number of benzene rings is 1. The molecule has 1 unspecified atom stereocenters. The smallest absolute Gasteiger partial charge is 0.0952 e. The van der Waals surface area contributed by atoms with Crippen molar-refractivity contribution in [3.63, 3.8) is 0 Å². The molecule has 0 aromatic heterocycles. The second kappa shape index (κ2) is 8.77. The van der Waals surface area contributed by atoms with Gasteiger partial charge in [0.1, 0.15) is 0 Å². The lowest BCUT2D eigenvalue weighted by Gasteiger charge is -2.30. The number of halogens is 1. The summed E-state index contributed by atoms with van der Waals surface area (Å²) in [4.78, 5) is 0. The van der Waals surface area contributed by atoms with Crippen molar-refractivity contribution in [3.05, 3.63) is 34.9 Å². The van der Waals surface area contributed by atoms with Crippen LogP contribution in [0.25, 0.3) is 0 Å². The van der Waals surface area contributed by atoms with E-state index in [4.69, 9.17) is 16.3 Å². The van der Waals surface area contributed by atoms with E-state index in [1.165, 1.54) is 31.2 Å². The van der Waals surface area contributed by atoms with Gasteiger partial charge in [-0.25, -0.2) is 0 Å². The van der Waals surface area contributed by atoms with Gasteiger partial charge in [0.2, 0.25) is 0 Å². The Morgan fingerprint density at radius 1 is 1.19 bits per heavy atom. The Morgan fingerprint density at radius 2 is 1.86 bits per heavy atom. The molecule has 1 N–H and O–H groups in total. The van der Waals surface area contributed by atoms with Gasteiger partial charge < -0.3 is 10.1 Å². The minimum absolute atomic E-state index is 0.132. The van der Waals surface area contributed by atoms with Gasteiger partial charge in [0.15, 0.2) is 0 Å². The third-order valence-electron chi connectivity index (χ3n) is 4.32. The highest BCUT2D eigenvalue weighted by atomic mass is 35.5. The van der Waals surface area contributed by atoms with Gasteiger partial charge in [-0.15, -0.1) is 0 Å². The van der Waals surface area contributed by atoms with Gasteiger partial charge in [0, 0.05) is 11.6 Å². The molecule has 0 aliphatic heterocycles. The number of rotatable bonds is 7. The maximum atomic E-state index is 6.41. The molecule has 0 bridgehead atoms. The molecule has 2 nitrogen and oxygen atoms in total. The van der Waals surface area contributed by atoms with Gasteiger partial charge in [0.05, 0.1) is 12.2 Å². The largest absolute Gasteiger partial charge is 0.369 e. The first-order valence-corrected chi connectivity index (χ1v) is 8.68. The van der Waals surface area contributed by atoms with Crippen molar-refractivity contribution in [1.82, 2.24) is 5.32 Å². The van der Waals surface area contributed by atoms with Crippen LogP contribution in [0.1, 0.15) is 57.6 Å². The molecular formula is C18H28ClNO. The number of hydrogen-bond donors (Lipinski definition) is 1. The molecule has 1 aromatic rings. The van der Waals surface area contributed by atoms with Crippen LogP contribution < -0.4 is 5.32 Å². The fourth-order valence-corrected chi connectivity index (χ4v) is 3.06. The first-order chi connectivity index (χ1) is 10.2. The minimum Gasteiger partial charge on any atom is -0.369 e. The van der Waals surface area contributed by atoms with Crippen molar-refractivity contribution in [3.8, 4) is 0 Å². The van der Waals surface area contributed by atoms with Crippen molar-refractivity contribution in [1.29, 1.82) is 0 Å². The molecule has 0 radical (unpaired) electrons. The Bertz CT molecular complexity index is 398. The van der Waals surface area contributed by atoms with Crippen molar-refractivity contribution < 1.29 is 4.74 Å². The fourth-order valence-electron chi connectivity index (χ4n) is 2.93. The molecule has 1 aliphatic carbocycles. The molecule has 1 aromatic carbocycles. The monoisotopic (exact) mass is 309 g/mol. The maximum absolute atomic E-state index is 6.41. The normalized spacial score (nSPS) is 24.0. The summed E-state index contributed by atoms with van der Waals surface area (Å²) in [5.74, 6) is 0.858. The molecule has 0 spiro atoms. The number of hydrogen-bond acceptors (Lipinski definition) is 2. The van der Waals surface area contributed by atoms with E-state index < -0.39 is 0 Å². The lowest BCUT2D eigenvalue weighted by molar-refractivity contribution is -0.0362. The number of nitrogens with one attached hydrogen (secondary N) is 1. The van der Waals surface area contributed by atoms with Crippen LogP contribution in [0.2, 0.25) is 5.02 Å². The zero-order valence-corrected chi connectivity index (χ0v) is 14.0. The lowest BCUT2D eigenvalue weighted by Crippen LogP contribution is -2.29. The highest BCUT2D eigenvalue weighted by molar-refractivity contribution is 6.30. The van der Waals surface area contributed by atoms with Gasteiger partial charge in [-0.05, 0) is 62.3 Å². The van der Waals surface area contributed by atoms with Crippen LogP contribution in [0.5, 0.6) is 0 Å². The molecule has 1 saturated carbocycles. The average molecular weight is 310 g/mol. The summed E-state index contributed by atoms with van der Waals surface area (Å²) in [6.07, 6.45) is 6.66. The van der Waals surface area contributed by atoms with Gasteiger partial charge in [-0.3, -0.25) is 0 Å². The van der Waals surface area contributed by atoms with Gasteiger partial charge in [0.25, 0.3) is 0 Å². The summed E-state index contributed by atoms with van der Waals surface area (Å²) < 4.78 is 6.41. The van der Waals surface area contributed by atoms with Gasteiger partial charge >= 0.3 is 0 Å². The third kappa shape index (κ3) is 5.61. The molecule has 1 atom stereocenters. The van der Waals surface area contributed by atoms with E-state index in [-0.39, 0.29) is 6.10 Å². The molecular weight excluding hydrogens is 282 g/mol. The van der Waals surface area contributed by atoms with Crippen LogP contribution in [0.4, 0.5) is 0 Å². The van der Waals surface area contributed by atoms with Crippen molar-refractivity contribution >= 4 is 11.6 Å². The Kier molecular flexibility index (Phi) is 7.01. The van der Waals surface area contributed by atoms with Gasteiger partial charge in [-0.2, -0.15) is 0 Å². The zero-order valence-electron chi connectivity index (χ0n) is 13.3. The second-order valence-electron chi connectivity index (χ2n) is 6.26. The van der Waals surface area contributed by atoms with E-state index in [9.17, 15) is 0 Å². The predicted molar refractivity (Wildman–Crippen MR) is 89.9 cm³/mol. The van der Waals surface area contributed by atoms with E-state index in [1.807, 2.05) is 12.1 Å². The van der Waals surface area contributed by atoms with E-state index in [2.05, 4.69) is 31.3 Å². The van der Waals surface area contributed by atoms with Crippen molar-refractivity contribution in [2.24, 2.45) is 5.92 Å². The average Bonchev–Trinajstić information content (AvgIpc) is 2.49. The Labute approximate surface area is 134 Å². The first-order valence-electron chi connectivity index (χ1n) is 8.30. The first kappa shape index (κ1) is 16.8. The van der Waals surface area contributed by atoms with Crippen LogP contribution in [0, 0.1) is 5.92 Å². The molecule has 0 saturated heterocycles. The van der Waals surface area contributed by atoms with E-state index in [0.717, 1.165) is 30.5 Å². The van der Waals surface area contributed by atoms with Crippen molar-refractivity contribution in [2.75, 3.05) is 13.1 Å². The molecule has 1 aliphatic rings. The summed E-state index contributed by atoms with van der Waals surface area (Å²) in [6.45, 7) is 6.44. The van der Waals surface area contributed by atoms with Crippen LogP contribution in [-0.2, 0) is 4.74 Å². The molecule has 118 valence electrons. The van der Waals surface area contributed by atoms with Gasteiger partial charge in [-0.1, -0.05) is 37.6 Å². The molecule has 0 heterocycles. The third-order valence-corrected chi connectivity index (χ3v) is 4.57. The Hall–Kier alpha value is -0.570. The van der Waals surface area contributed by atoms with Crippen LogP contribution in [0.15, 0.2) is 24.3 Å². The molecule has 0 amide bonds. The van der Waals surface area contributed by atoms with Crippen LogP contribution in [0.3, 0.4) is 0 Å². The Balaban J connectivity index is 1.96. The molecule has 2 rings (SSSR count). The minimum atomic E-state index is 0.132. The fraction of sp³-hybridized carbons (Fsp3) is 0.667. The predicted octanol–water partition coefficient (Wildman–Crippen LogP) is 4.98. The maximum Gasteiger partial charge on any atom is 0.0952 e. The van der Waals surface area contributed by atoms with Crippen LogP contribution in [-0.4, -0.2) is 19.2 Å². The summed E-state index contributed by atoms with van der Waals surface area (Å²) >= 11 is 5.99. The summed E-state index contributed by atoms with van der Waals surface area (Å²) in [6, 6.07) is 8.09.